The highest BCUT2D eigenvalue weighted by atomic mass is 35.5. The summed E-state index contributed by atoms with van der Waals surface area (Å²) in [4.78, 5) is 8.60. The number of halogens is 1. The van der Waals surface area contributed by atoms with Gasteiger partial charge in [0, 0.05) is 11.2 Å². The molecule has 0 radical (unpaired) electrons. The molecular formula is C15H18ClN3. The first-order valence-electron chi connectivity index (χ1n) is 6.32. The molecule has 4 heteroatoms. The van der Waals surface area contributed by atoms with Crippen molar-refractivity contribution in [3.8, 4) is 0 Å². The number of likely N-dealkylation sites (N-methyl/N-ethyl adjacent to an activating group) is 1. The summed E-state index contributed by atoms with van der Waals surface area (Å²) in [6, 6.07) is 8.24. The highest BCUT2D eigenvalue weighted by molar-refractivity contribution is 6.31. The van der Waals surface area contributed by atoms with Gasteiger partial charge in [-0.3, -0.25) is 0 Å². The lowest BCUT2D eigenvalue weighted by Gasteiger charge is -2.17. The minimum Gasteiger partial charge on any atom is -0.311 e. The Kier molecular flexibility index (Phi) is 4.51. The number of aromatic nitrogens is 2. The molecule has 1 N–H and O–H groups in total. The van der Waals surface area contributed by atoms with Crippen LogP contribution in [0.15, 0.2) is 30.5 Å². The van der Waals surface area contributed by atoms with Crippen LogP contribution in [0.3, 0.4) is 0 Å². The topological polar surface area (TPSA) is 37.8 Å². The van der Waals surface area contributed by atoms with E-state index in [4.69, 9.17) is 11.6 Å². The molecule has 1 atom stereocenters. The Morgan fingerprint density at radius 1 is 1.26 bits per heavy atom. The van der Waals surface area contributed by atoms with Crippen molar-refractivity contribution in [2.24, 2.45) is 0 Å². The maximum absolute atomic E-state index is 6.29. The number of hydrogen-bond donors (Lipinski definition) is 1. The van der Waals surface area contributed by atoms with Crippen molar-refractivity contribution in [1.82, 2.24) is 15.3 Å². The predicted octanol–water partition coefficient (Wildman–Crippen LogP) is 3.25. The molecule has 0 fully saturated rings. The summed E-state index contributed by atoms with van der Waals surface area (Å²) in [6.07, 6.45) is 2.60. The summed E-state index contributed by atoms with van der Waals surface area (Å²) < 4.78 is 0. The molecule has 2 rings (SSSR count). The van der Waals surface area contributed by atoms with Crippen molar-refractivity contribution in [1.29, 1.82) is 0 Å². The van der Waals surface area contributed by atoms with Crippen LogP contribution in [0.1, 0.15) is 28.7 Å². The van der Waals surface area contributed by atoms with Crippen molar-refractivity contribution in [3.63, 3.8) is 0 Å². The standard InChI is InChI=1S/C15H18ClN3/c1-10-4-5-12(13(16)8-10)9-15(17-3)14-6-7-18-11(2)19-14/h4-8,15,17H,9H2,1-3H3. The molecule has 0 aliphatic rings. The number of rotatable bonds is 4. The van der Waals surface area contributed by atoms with Crippen LogP contribution in [-0.2, 0) is 6.42 Å². The van der Waals surface area contributed by atoms with Gasteiger partial charge in [-0.15, -0.1) is 0 Å². The van der Waals surface area contributed by atoms with Crippen LogP contribution in [0.5, 0.6) is 0 Å². The maximum atomic E-state index is 6.29. The molecule has 0 amide bonds. The Bertz CT molecular complexity index is 569. The third kappa shape index (κ3) is 3.52. The fourth-order valence-corrected chi connectivity index (χ4v) is 2.37. The Labute approximate surface area is 119 Å². The van der Waals surface area contributed by atoms with Crippen molar-refractivity contribution in [3.05, 3.63) is 58.1 Å². The van der Waals surface area contributed by atoms with Gasteiger partial charge < -0.3 is 5.32 Å². The summed E-state index contributed by atoms with van der Waals surface area (Å²) in [6.45, 7) is 3.94. The van der Waals surface area contributed by atoms with Gasteiger partial charge in [0.05, 0.1) is 11.7 Å². The zero-order valence-electron chi connectivity index (χ0n) is 11.4. The van der Waals surface area contributed by atoms with Crippen LogP contribution >= 0.6 is 11.6 Å². The highest BCUT2D eigenvalue weighted by Crippen LogP contribution is 2.23. The molecule has 19 heavy (non-hydrogen) atoms. The first-order valence-corrected chi connectivity index (χ1v) is 6.70. The lowest BCUT2D eigenvalue weighted by Crippen LogP contribution is -2.20. The van der Waals surface area contributed by atoms with Gasteiger partial charge >= 0.3 is 0 Å². The number of hydrogen-bond acceptors (Lipinski definition) is 3. The minimum absolute atomic E-state index is 0.141. The number of benzene rings is 1. The van der Waals surface area contributed by atoms with E-state index in [0.29, 0.717) is 0 Å². The predicted molar refractivity (Wildman–Crippen MR) is 78.5 cm³/mol. The van der Waals surface area contributed by atoms with E-state index in [1.54, 1.807) is 6.20 Å². The Balaban J connectivity index is 2.24. The van der Waals surface area contributed by atoms with E-state index in [2.05, 4.69) is 27.4 Å². The molecule has 0 saturated carbocycles. The monoisotopic (exact) mass is 275 g/mol. The molecule has 3 nitrogen and oxygen atoms in total. The quantitative estimate of drug-likeness (QED) is 0.931. The largest absolute Gasteiger partial charge is 0.311 e. The van der Waals surface area contributed by atoms with E-state index >= 15 is 0 Å². The van der Waals surface area contributed by atoms with Crippen LogP contribution in [0.25, 0.3) is 0 Å². The van der Waals surface area contributed by atoms with E-state index in [9.17, 15) is 0 Å². The number of nitrogens with one attached hydrogen (secondary N) is 1. The molecule has 0 aliphatic heterocycles. The third-order valence-electron chi connectivity index (χ3n) is 3.14. The summed E-state index contributed by atoms with van der Waals surface area (Å²) in [7, 11) is 1.93. The molecular weight excluding hydrogens is 258 g/mol. The molecule has 1 heterocycles. The molecule has 0 aliphatic carbocycles. The molecule has 0 bridgehead atoms. The average molecular weight is 276 g/mol. The summed E-state index contributed by atoms with van der Waals surface area (Å²) >= 11 is 6.29. The van der Waals surface area contributed by atoms with Gasteiger partial charge in [0.2, 0.25) is 0 Å². The maximum Gasteiger partial charge on any atom is 0.125 e. The normalized spacial score (nSPS) is 12.4. The lowest BCUT2D eigenvalue weighted by molar-refractivity contribution is 0.572. The highest BCUT2D eigenvalue weighted by Gasteiger charge is 2.13. The van der Waals surface area contributed by atoms with E-state index in [1.807, 2.05) is 33.0 Å². The molecule has 100 valence electrons. The first-order chi connectivity index (χ1) is 9.10. The minimum atomic E-state index is 0.141. The van der Waals surface area contributed by atoms with E-state index in [0.717, 1.165) is 28.5 Å². The molecule has 1 unspecified atom stereocenters. The molecule has 1 aromatic carbocycles. The van der Waals surface area contributed by atoms with Crippen molar-refractivity contribution in [2.75, 3.05) is 7.05 Å². The van der Waals surface area contributed by atoms with Gasteiger partial charge in [0.1, 0.15) is 5.82 Å². The van der Waals surface area contributed by atoms with Crippen LogP contribution in [-0.4, -0.2) is 17.0 Å². The number of aryl methyl sites for hydroxylation is 2. The van der Waals surface area contributed by atoms with Crippen LogP contribution in [0.2, 0.25) is 5.02 Å². The lowest BCUT2D eigenvalue weighted by atomic mass is 10.0. The van der Waals surface area contributed by atoms with Crippen molar-refractivity contribution in [2.45, 2.75) is 26.3 Å². The van der Waals surface area contributed by atoms with Crippen LogP contribution in [0, 0.1) is 13.8 Å². The molecule has 0 spiro atoms. The Morgan fingerprint density at radius 2 is 2.05 bits per heavy atom. The fraction of sp³-hybridized carbons (Fsp3) is 0.333. The summed E-state index contributed by atoms with van der Waals surface area (Å²) in [5.41, 5.74) is 3.29. The second kappa shape index (κ2) is 6.13. The van der Waals surface area contributed by atoms with Crippen molar-refractivity contribution >= 4 is 11.6 Å². The van der Waals surface area contributed by atoms with Gasteiger partial charge in [0.25, 0.3) is 0 Å². The van der Waals surface area contributed by atoms with Gasteiger partial charge in [-0.25, -0.2) is 9.97 Å². The summed E-state index contributed by atoms with van der Waals surface area (Å²) in [5.74, 6) is 0.785. The number of nitrogens with zero attached hydrogens (tertiary/aromatic N) is 2. The second-order valence-corrected chi connectivity index (χ2v) is 5.08. The zero-order chi connectivity index (χ0) is 13.8. The van der Waals surface area contributed by atoms with Crippen LogP contribution in [0.4, 0.5) is 0 Å². The second-order valence-electron chi connectivity index (χ2n) is 4.67. The van der Waals surface area contributed by atoms with Gasteiger partial charge in [-0.05, 0) is 50.6 Å². The Morgan fingerprint density at radius 3 is 2.68 bits per heavy atom. The smallest absolute Gasteiger partial charge is 0.125 e. The average Bonchev–Trinajstić information content (AvgIpc) is 2.38. The molecule has 2 aromatic rings. The van der Waals surface area contributed by atoms with E-state index in [-0.39, 0.29) is 6.04 Å². The molecule has 1 aromatic heterocycles. The third-order valence-corrected chi connectivity index (χ3v) is 3.49. The molecule has 0 saturated heterocycles. The van der Waals surface area contributed by atoms with Gasteiger partial charge in [-0.1, -0.05) is 23.7 Å². The zero-order valence-corrected chi connectivity index (χ0v) is 12.2. The van der Waals surface area contributed by atoms with Crippen molar-refractivity contribution < 1.29 is 0 Å². The SMILES string of the molecule is CNC(Cc1ccc(C)cc1Cl)c1ccnc(C)n1. The fourth-order valence-electron chi connectivity index (χ4n) is 2.06. The summed E-state index contributed by atoms with van der Waals surface area (Å²) in [5, 5.41) is 4.10. The first kappa shape index (κ1) is 14.0. The van der Waals surface area contributed by atoms with Crippen LogP contribution < -0.4 is 5.32 Å². The van der Waals surface area contributed by atoms with Gasteiger partial charge in [-0.2, -0.15) is 0 Å². The van der Waals surface area contributed by atoms with E-state index in [1.165, 1.54) is 5.56 Å². The Hall–Kier alpha value is -1.45. The van der Waals surface area contributed by atoms with E-state index < -0.39 is 0 Å². The van der Waals surface area contributed by atoms with Gasteiger partial charge in [0.15, 0.2) is 0 Å².